The van der Waals surface area contributed by atoms with E-state index in [4.69, 9.17) is 16.3 Å². The average Bonchev–Trinajstić information content (AvgIpc) is 2.78. The van der Waals surface area contributed by atoms with Crippen LogP contribution in [0.3, 0.4) is 0 Å². The summed E-state index contributed by atoms with van der Waals surface area (Å²) >= 11 is 6.23. The van der Waals surface area contributed by atoms with Gasteiger partial charge in [-0.1, -0.05) is 54.1 Å². The number of aromatic nitrogens is 1. The summed E-state index contributed by atoms with van der Waals surface area (Å²) in [4.78, 5) is 32.7. The van der Waals surface area contributed by atoms with Crippen LogP contribution in [0.1, 0.15) is 18.1 Å². The van der Waals surface area contributed by atoms with Crippen molar-refractivity contribution in [3.8, 4) is 0 Å². The fourth-order valence-corrected chi connectivity index (χ4v) is 4.23. The van der Waals surface area contributed by atoms with E-state index < -0.39 is 12.1 Å². The molecule has 0 spiro atoms. The number of piperazine rings is 1. The quantitative estimate of drug-likeness (QED) is 0.557. The van der Waals surface area contributed by atoms with E-state index in [0.29, 0.717) is 24.7 Å². The molecule has 1 aromatic heterocycles. The van der Waals surface area contributed by atoms with Gasteiger partial charge in [-0.25, -0.2) is 4.79 Å². The molecule has 4 rings (SSSR count). The Balaban J connectivity index is 1.42. The molecule has 2 aromatic carbocycles. The van der Waals surface area contributed by atoms with E-state index in [1.165, 1.54) is 0 Å². The minimum Gasteiger partial charge on any atom is -0.445 e. The summed E-state index contributed by atoms with van der Waals surface area (Å²) in [6.07, 6.45) is 2.20. The van der Waals surface area contributed by atoms with Gasteiger partial charge in [0.15, 0.2) is 0 Å². The Labute approximate surface area is 186 Å². The highest BCUT2D eigenvalue weighted by atomic mass is 35.5. The minimum atomic E-state index is -0.416. The Bertz CT molecular complexity index is 1080. The minimum absolute atomic E-state index is 0.213. The van der Waals surface area contributed by atoms with Crippen LogP contribution in [0.2, 0.25) is 5.02 Å². The van der Waals surface area contributed by atoms with Gasteiger partial charge in [-0.05, 0) is 30.2 Å². The van der Waals surface area contributed by atoms with Gasteiger partial charge in [0.2, 0.25) is 0 Å². The van der Waals surface area contributed by atoms with Crippen molar-refractivity contribution in [2.45, 2.75) is 32.2 Å². The number of rotatable bonds is 5. The Morgan fingerprint density at radius 1 is 1.16 bits per heavy atom. The number of halogens is 1. The lowest BCUT2D eigenvalue weighted by molar-refractivity contribution is -0.116. The zero-order chi connectivity index (χ0) is 21.8. The fraction of sp³-hybridized carbons (Fsp3) is 0.292. The molecule has 1 fully saturated rings. The van der Waals surface area contributed by atoms with Crippen LogP contribution < -0.4 is 0 Å². The Morgan fingerprint density at radius 3 is 2.74 bits per heavy atom. The van der Waals surface area contributed by atoms with Gasteiger partial charge < -0.3 is 14.4 Å². The van der Waals surface area contributed by atoms with Crippen LogP contribution in [0, 0.1) is 0 Å². The number of hydrogen-bond acceptors (Lipinski definition) is 5. The van der Waals surface area contributed by atoms with E-state index in [1.807, 2.05) is 55.5 Å². The fourth-order valence-electron chi connectivity index (χ4n) is 4.01. The second-order valence-electron chi connectivity index (χ2n) is 7.72. The number of benzene rings is 2. The van der Waals surface area contributed by atoms with E-state index in [0.717, 1.165) is 28.3 Å². The number of nitrogens with zero attached hydrogens (tertiary/aromatic N) is 3. The molecular formula is C24H24ClN3O3. The molecule has 2 atom stereocenters. The maximum Gasteiger partial charge on any atom is 0.410 e. The summed E-state index contributed by atoms with van der Waals surface area (Å²) < 4.78 is 5.48. The standard InChI is InChI=1S/C24H24ClN3O3/c1-17-23(15-29)27(14-19-7-8-20-21(25)9-10-26-22(20)13-19)11-12-28(17)24(30)31-16-18-5-3-2-4-6-18/h2-10,13,15,17,23H,11-12,14,16H2,1H3/t17-,23?/m0/s1. The maximum atomic E-state index is 12.6. The molecule has 0 aliphatic carbocycles. The molecule has 1 unspecified atom stereocenters. The lowest BCUT2D eigenvalue weighted by Crippen LogP contribution is -2.60. The molecule has 0 N–H and O–H groups in total. The van der Waals surface area contributed by atoms with E-state index in [-0.39, 0.29) is 12.6 Å². The number of ether oxygens (including phenoxy) is 1. The van der Waals surface area contributed by atoms with E-state index in [2.05, 4.69) is 9.88 Å². The molecule has 160 valence electrons. The van der Waals surface area contributed by atoms with Crippen LogP contribution in [0.25, 0.3) is 10.9 Å². The molecule has 0 bridgehead atoms. The van der Waals surface area contributed by atoms with Crippen molar-refractivity contribution in [3.05, 3.63) is 76.9 Å². The van der Waals surface area contributed by atoms with Crippen LogP contribution in [0.5, 0.6) is 0 Å². The molecule has 2 heterocycles. The number of amides is 1. The molecular weight excluding hydrogens is 414 g/mol. The maximum absolute atomic E-state index is 12.6. The average molecular weight is 438 g/mol. The van der Waals surface area contributed by atoms with Crippen molar-refractivity contribution in [3.63, 3.8) is 0 Å². The van der Waals surface area contributed by atoms with Crippen LogP contribution in [0.4, 0.5) is 4.79 Å². The predicted molar refractivity (Wildman–Crippen MR) is 120 cm³/mol. The van der Waals surface area contributed by atoms with Crippen molar-refractivity contribution in [1.82, 2.24) is 14.8 Å². The molecule has 3 aromatic rings. The van der Waals surface area contributed by atoms with Gasteiger partial charge in [-0.15, -0.1) is 0 Å². The lowest BCUT2D eigenvalue weighted by Gasteiger charge is -2.43. The van der Waals surface area contributed by atoms with Crippen molar-refractivity contribution in [2.75, 3.05) is 13.1 Å². The summed E-state index contributed by atoms with van der Waals surface area (Å²) in [5.41, 5.74) is 2.80. The Hall–Kier alpha value is -2.96. The number of aldehydes is 1. The topological polar surface area (TPSA) is 62.7 Å². The van der Waals surface area contributed by atoms with Crippen LogP contribution in [-0.4, -0.2) is 52.3 Å². The predicted octanol–water partition coefficient (Wildman–Crippen LogP) is 4.30. The SMILES string of the molecule is C[C@H]1C(C=O)N(Cc2ccc3c(Cl)ccnc3c2)CCN1C(=O)OCc1ccccc1. The first-order valence-electron chi connectivity index (χ1n) is 10.3. The van der Waals surface area contributed by atoms with Gasteiger partial charge in [0.25, 0.3) is 0 Å². The molecule has 1 amide bonds. The Kier molecular flexibility index (Phi) is 6.49. The lowest BCUT2D eigenvalue weighted by atomic mass is 10.0. The molecule has 6 nitrogen and oxygen atoms in total. The van der Waals surface area contributed by atoms with Gasteiger partial charge in [0.05, 0.1) is 22.6 Å². The van der Waals surface area contributed by atoms with E-state index in [9.17, 15) is 9.59 Å². The first-order chi connectivity index (χ1) is 15.1. The largest absolute Gasteiger partial charge is 0.445 e. The first kappa shape index (κ1) is 21.3. The second-order valence-corrected chi connectivity index (χ2v) is 8.12. The summed E-state index contributed by atoms with van der Waals surface area (Å²) in [5, 5.41) is 1.57. The van der Waals surface area contributed by atoms with Crippen molar-refractivity contribution in [1.29, 1.82) is 0 Å². The molecule has 0 radical (unpaired) electrons. The normalized spacial score (nSPS) is 19.4. The third-order valence-electron chi connectivity index (χ3n) is 5.75. The zero-order valence-electron chi connectivity index (χ0n) is 17.3. The van der Waals surface area contributed by atoms with Crippen molar-refractivity contribution < 1.29 is 14.3 Å². The van der Waals surface area contributed by atoms with Crippen molar-refractivity contribution in [2.24, 2.45) is 0 Å². The van der Waals surface area contributed by atoms with Gasteiger partial charge in [0.1, 0.15) is 12.9 Å². The third-order valence-corrected chi connectivity index (χ3v) is 6.08. The Morgan fingerprint density at radius 2 is 1.97 bits per heavy atom. The smallest absolute Gasteiger partial charge is 0.410 e. The zero-order valence-corrected chi connectivity index (χ0v) is 18.0. The second kappa shape index (κ2) is 9.45. The summed E-state index contributed by atoms with van der Waals surface area (Å²) in [6.45, 7) is 3.76. The van der Waals surface area contributed by atoms with E-state index in [1.54, 1.807) is 17.2 Å². The van der Waals surface area contributed by atoms with E-state index >= 15 is 0 Å². The molecule has 1 saturated heterocycles. The number of fused-ring (bicyclic) bond motifs is 1. The molecule has 0 saturated carbocycles. The molecule has 1 aliphatic rings. The van der Waals surface area contributed by atoms with Gasteiger partial charge >= 0.3 is 6.09 Å². The van der Waals surface area contributed by atoms with Crippen LogP contribution in [-0.2, 0) is 22.7 Å². The van der Waals surface area contributed by atoms with Gasteiger partial charge in [-0.3, -0.25) is 9.88 Å². The molecule has 1 aliphatic heterocycles. The highest BCUT2D eigenvalue weighted by Crippen LogP contribution is 2.25. The summed E-state index contributed by atoms with van der Waals surface area (Å²) in [7, 11) is 0. The van der Waals surface area contributed by atoms with Crippen LogP contribution in [0.15, 0.2) is 60.8 Å². The van der Waals surface area contributed by atoms with Gasteiger partial charge in [0, 0.05) is 31.2 Å². The summed E-state index contributed by atoms with van der Waals surface area (Å²) in [6, 6.07) is 16.6. The molecule has 31 heavy (non-hydrogen) atoms. The number of pyridine rings is 1. The highest BCUT2D eigenvalue weighted by Gasteiger charge is 2.36. The number of hydrogen-bond donors (Lipinski definition) is 0. The number of carbonyl (C=O) groups excluding carboxylic acids is 2. The van der Waals surface area contributed by atoms with Crippen molar-refractivity contribution >= 4 is 34.9 Å². The molecule has 7 heteroatoms. The monoisotopic (exact) mass is 437 g/mol. The summed E-state index contributed by atoms with van der Waals surface area (Å²) in [5.74, 6) is 0. The first-order valence-corrected chi connectivity index (χ1v) is 10.6. The van der Waals surface area contributed by atoms with Gasteiger partial charge in [-0.2, -0.15) is 0 Å². The third kappa shape index (κ3) is 4.70. The number of carbonyl (C=O) groups is 2. The highest BCUT2D eigenvalue weighted by molar-refractivity contribution is 6.35. The van der Waals surface area contributed by atoms with Crippen LogP contribution >= 0.6 is 11.6 Å².